The smallest absolute Gasteiger partial charge is 0.406 e. The number of hydrogen-bond acceptors (Lipinski definition) is 7. The van der Waals surface area contributed by atoms with Crippen molar-refractivity contribution >= 4 is 32.1 Å². The van der Waals surface area contributed by atoms with Gasteiger partial charge in [0, 0.05) is 42.7 Å². The fraction of sp³-hybridized carbons (Fsp3) is 0.429. The van der Waals surface area contributed by atoms with Gasteiger partial charge < -0.3 is 29.6 Å². The number of alkyl halides is 3. The van der Waals surface area contributed by atoms with E-state index in [1.54, 1.807) is 25.3 Å². The normalized spacial score (nSPS) is 18.3. The van der Waals surface area contributed by atoms with Crippen molar-refractivity contribution in [1.82, 2.24) is 9.47 Å². The molecular weight excluding hydrogens is 545 g/mol. The van der Waals surface area contributed by atoms with Crippen LogP contribution in [0.4, 0.5) is 24.5 Å². The minimum atomic E-state index is -4.38. The number of methoxy groups -OCH3 is 2. The molecule has 0 saturated carbocycles. The molecule has 216 valence electrons. The largest absolute Gasteiger partial charge is 0.495 e. The Bertz CT molecular complexity index is 1530. The van der Waals surface area contributed by atoms with E-state index in [2.05, 4.69) is 27.4 Å². The predicted molar refractivity (Wildman–Crippen MR) is 150 cm³/mol. The Labute approximate surface area is 232 Å². The number of likely N-dealkylation sites (N-methyl/N-ethyl adjacent to an activating group) is 1. The Balaban J connectivity index is 1.63. The number of nitrogens with zero attached hydrogens (tertiary/aromatic N) is 2. The highest BCUT2D eigenvalue weighted by Crippen LogP contribution is 2.31. The topological polar surface area (TPSA) is 84.8 Å². The van der Waals surface area contributed by atoms with E-state index in [0.717, 1.165) is 25.8 Å². The molecule has 1 fully saturated rings. The van der Waals surface area contributed by atoms with Gasteiger partial charge in [0.1, 0.15) is 12.3 Å². The van der Waals surface area contributed by atoms with Crippen LogP contribution >= 0.6 is 0 Å². The molecule has 4 rings (SSSR count). The minimum Gasteiger partial charge on any atom is -0.495 e. The summed E-state index contributed by atoms with van der Waals surface area (Å²) >= 11 is 0. The Morgan fingerprint density at radius 1 is 1.12 bits per heavy atom. The molecule has 0 spiro atoms. The lowest BCUT2D eigenvalue weighted by atomic mass is 10.0. The highest BCUT2D eigenvalue weighted by Gasteiger charge is 2.30. The summed E-state index contributed by atoms with van der Waals surface area (Å²) in [6, 6.07) is 9.64. The summed E-state index contributed by atoms with van der Waals surface area (Å²) in [6.07, 6.45) is -1.09. The summed E-state index contributed by atoms with van der Waals surface area (Å²) in [7, 11) is 1.74. The Hall–Kier alpha value is -3.40. The third-order valence-corrected chi connectivity index (χ3v) is 7.95. The molecule has 1 aliphatic heterocycles. The van der Waals surface area contributed by atoms with Crippen LogP contribution in [0.3, 0.4) is 0 Å². The van der Waals surface area contributed by atoms with Crippen LogP contribution in [0.15, 0.2) is 47.5 Å². The first-order valence-corrected chi connectivity index (χ1v) is 14.6. The van der Waals surface area contributed by atoms with Crippen LogP contribution in [0.25, 0.3) is 10.9 Å². The third-order valence-electron chi connectivity index (χ3n) is 6.84. The van der Waals surface area contributed by atoms with E-state index in [0.29, 0.717) is 33.6 Å². The zero-order chi connectivity index (χ0) is 29.1. The molecule has 8 nitrogen and oxygen atoms in total. The van der Waals surface area contributed by atoms with Gasteiger partial charge in [-0.25, -0.2) is 8.42 Å². The van der Waals surface area contributed by atoms with Gasteiger partial charge >= 0.3 is 6.18 Å². The summed E-state index contributed by atoms with van der Waals surface area (Å²) in [6.45, 7) is 0.640. The summed E-state index contributed by atoms with van der Waals surface area (Å²) < 4.78 is 75.9. The molecule has 2 unspecified atom stereocenters. The number of sulfone groups is 1. The Morgan fingerprint density at radius 2 is 1.90 bits per heavy atom. The molecule has 1 saturated heterocycles. The molecule has 0 amide bonds. The van der Waals surface area contributed by atoms with Crippen LogP contribution in [0.1, 0.15) is 12.0 Å². The van der Waals surface area contributed by atoms with Crippen LogP contribution in [-0.2, 0) is 21.1 Å². The number of nitrogens with one attached hydrogen (secondary N) is 2. The molecule has 0 bridgehead atoms. The van der Waals surface area contributed by atoms with Crippen molar-refractivity contribution in [2.75, 3.05) is 57.8 Å². The molecule has 0 aliphatic carbocycles. The van der Waals surface area contributed by atoms with Crippen LogP contribution in [0.5, 0.6) is 5.75 Å². The van der Waals surface area contributed by atoms with Gasteiger partial charge in [0.25, 0.3) is 0 Å². The maximum Gasteiger partial charge on any atom is 0.406 e. The van der Waals surface area contributed by atoms with Crippen LogP contribution in [-0.4, -0.2) is 83.4 Å². The van der Waals surface area contributed by atoms with Gasteiger partial charge in [-0.15, -0.1) is 0 Å². The number of fused-ring (bicyclic) bond motifs is 1. The molecule has 2 N–H and O–H groups in total. The molecule has 2 heterocycles. The molecule has 1 aliphatic rings. The number of likely N-dealkylation sites (tertiary alicyclic amines) is 1. The SMILES string of the molecule is COc1ccc(S(C)(=O)=O)cc1NCC#Cc1cc(NC2CCN(C)CC2OC)c2ccn(CC(F)(F)F)c2c1. The number of halogens is 3. The number of piperidine rings is 1. The third kappa shape index (κ3) is 7.21. The van der Waals surface area contributed by atoms with Gasteiger partial charge in [0.15, 0.2) is 9.84 Å². The standard InChI is InChI=1S/C28H33F3N4O4S/c1-34-12-10-22(27(17-34)39-3)33-23-14-19(15-25-21(23)9-13-35(25)18-28(29,30)31)6-5-11-32-24-16-20(40(4,36)37)7-8-26(24)38-2/h7-9,13-16,22,27,32-33H,10-12,17-18H2,1-4H3. The van der Waals surface area contributed by atoms with Gasteiger partial charge in [0.05, 0.1) is 41.9 Å². The van der Waals surface area contributed by atoms with Crippen molar-refractivity contribution in [2.24, 2.45) is 0 Å². The number of hydrogen-bond donors (Lipinski definition) is 2. The van der Waals surface area contributed by atoms with E-state index in [4.69, 9.17) is 9.47 Å². The number of benzene rings is 2. The second-order valence-corrected chi connectivity index (χ2v) is 11.9. The molecule has 12 heteroatoms. The van der Waals surface area contributed by atoms with Crippen molar-refractivity contribution in [3.63, 3.8) is 0 Å². The summed E-state index contributed by atoms with van der Waals surface area (Å²) in [4.78, 5) is 2.32. The van der Waals surface area contributed by atoms with Gasteiger partial charge in [-0.05, 0) is 56.4 Å². The van der Waals surface area contributed by atoms with E-state index in [9.17, 15) is 21.6 Å². The van der Waals surface area contributed by atoms with Crippen molar-refractivity contribution in [3.8, 4) is 17.6 Å². The number of ether oxygens (including phenoxy) is 2. The predicted octanol–water partition coefficient (Wildman–Crippen LogP) is 4.21. The molecule has 2 atom stereocenters. The molecule has 2 aromatic carbocycles. The zero-order valence-corrected chi connectivity index (χ0v) is 23.6. The Morgan fingerprint density at radius 3 is 2.58 bits per heavy atom. The van der Waals surface area contributed by atoms with E-state index < -0.39 is 22.6 Å². The average Bonchev–Trinajstić information content (AvgIpc) is 3.28. The highest BCUT2D eigenvalue weighted by molar-refractivity contribution is 7.90. The first-order valence-electron chi connectivity index (χ1n) is 12.7. The lowest BCUT2D eigenvalue weighted by molar-refractivity contribution is -0.139. The summed E-state index contributed by atoms with van der Waals surface area (Å²) in [5, 5.41) is 7.25. The van der Waals surface area contributed by atoms with Gasteiger partial charge in [-0.1, -0.05) is 11.8 Å². The fourth-order valence-corrected chi connectivity index (χ4v) is 5.48. The fourth-order valence-electron chi connectivity index (χ4n) is 4.83. The average molecular weight is 579 g/mol. The molecule has 3 aromatic rings. The van der Waals surface area contributed by atoms with Crippen LogP contribution < -0.4 is 15.4 Å². The first-order chi connectivity index (χ1) is 18.9. The minimum absolute atomic E-state index is 0.0187. The van der Waals surface area contributed by atoms with Gasteiger partial charge in [-0.2, -0.15) is 13.2 Å². The number of rotatable bonds is 8. The van der Waals surface area contributed by atoms with Crippen molar-refractivity contribution in [1.29, 1.82) is 0 Å². The number of aromatic nitrogens is 1. The summed E-state index contributed by atoms with van der Waals surface area (Å²) in [5.74, 6) is 6.47. The summed E-state index contributed by atoms with van der Waals surface area (Å²) in [5.41, 5.74) is 2.11. The Kier molecular flexibility index (Phi) is 8.87. The quantitative estimate of drug-likeness (QED) is 0.388. The first kappa shape index (κ1) is 29.6. The van der Waals surface area contributed by atoms with E-state index in [1.807, 2.05) is 13.1 Å². The monoisotopic (exact) mass is 578 g/mol. The lowest BCUT2D eigenvalue weighted by Gasteiger charge is -2.36. The second kappa shape index (κ2) is 12.0. The lowest BCUT2D eigenvalue weighted by Crippen LogP contribution is -2.49. The van der Waals surface area contributed by atoms with E-state index >= 15 is 0 Å². The van der Waals surface area contributed by atoms with Gasteiger partial charge in [-0.3, -0.25) is 0 Å². The van der Waals surface area contributed by atoms with Crippen molar-refractivity contribution < 1.29 is 31.1 Å². The van der Waals surface area contributed by atoms with E-state index in [-0.39, 0.29) is 23.6 Å². The molecular formula is C28H33F3N4O4S. The maximum atomic E-state index is 13.3. The second-order valence-electron chi connectivity index (χ2n) is 9.88. The van der Waals surface area contributed by atoms with Crippen molar-refractivity contribution in [2.45, 2.75) is 36.2 Å². The molecule has 0 radical (unpaired) electrons. The van der Waals surface area contributed by atoms with Crippen LogP contribution in [0, 0.1) is 11.8 Å². The maximum absolute atomic E-state index is 13.3. The van der Waals surface area contributed by atoms with E-state index in [1.165, 1.54) is 30.0 Å². The van der Waals surface area contributed by atoms with Crippen LogP contribution in [0.2, 0.25) is 0 Å². The highest BCUT2D eigenvalue weighted by atomic mass is 32.2. The number of anilines is 2. The molecule has 1 aromatic heterocycles. The van der Waals surface area contributed by atoms with Gasteiger partial charge in [0.2, 0.25) is 0 Å². The van der Waals surface area contributed by atoms with Crippen molar-refractivity contribution in [3.05, 3.63) is 48.2 Å². The zero-order valence-electron chi connectivity index (χ0n) is 22.8. The molecule has 40 heavy (non-hydrogen) atoms.